The predicted octanol–water partition coefficient (Wildman–Crippen LogP) is 0.885. The number of carbonyl (C=O) groups is 2. The van der Waals surface area contributed by atoms with Gasteiger partial charge in [-0.2, -0.15) is 0 Å². The van der Waals surface area contributed by atoms with E-state index in [4.69, 9.17) is 4.74 Å². The number of imide groups is 1. The van der Waals surface area contributed by atoms with Gasteiger partial charge in [-0.15, -0.1) is 0 Å². The number of ether oxygens (including phenoxy) is 1. The lowest BCUT2D eigenvalue weighted by Crippen LogP contribution is -2.46. The molecular formula is C12H13NO4. The second kappa shape index (κ2) is 4.45. The molecule has 1 aliphatic heterocycles. The molecule has 2 N–H and O–H groups in total. The number of hydrogen-bond acceptors (Lipinski definition) is 4. The Bertz CT molecular complexity index is 470. The third-order valence-corrected chi connectivity index (χ3v) is 2.65. The minimum absolute atomic E-state index is 0.120. The van der Waals surface area contributed by atoms with Crippen molar-refractivity contribution in [2.24, 2.45) is 0 Å². The van der Waals surface area contributed by atoms with Crippen LogP contribution in [-0.4, -0.2) is 23.0 Å². The highest BCUT2D eigenvalue weighted by Crippen LogP contribution is 2.24. The lowest BCUT2D eigenvalue weighted by molar-refractivity contribution is -0.138. The van der Waals surface area contributed by atoms with Crippen LogP contribution in [0.15, 0.2) is 18.2 Å². The number of aryl methyl sites for hydroxylation is 1. The molecule has 0 spiro atoms. The molecule has 1 saturated heterocycles. The smallest absolute Gasteiger partial charge is 0.267 e. The molecule has 1 aliphatic rings. The van der Waals surface area contributed by atoms with Gasteiger partial charge < -0.3 is 9.84 Å². The SMILES string of the molecule is Cc1ccc(OC2CCC(=O)NC2=O)cc1O. The molecule has 0 aliphatic carbocycles. The summed E-state index contributed by atoms with van der Waals surface area (Å²) in [5.41, 5.74) is 0.737. The quantitative estimate of drug-likeness (QED) is 0.746. The van der Waals surface area contributed by atoms with Gasteiger partial charge in [0.1, 0.15) is 11.5 Å². The average Bonchev–Trinajstić information content (AvgIpc) is 2.27. The zero-order chi connectivity index (χ0) is 12.4. The highest BCUT2D eigenvalue weighted by atomic mass is 16.5. The Morgan fingerprint density at radius 3 is 2.82 bits per heavy atom. The van der Waals surface area contributed by atoms with E-state index in [0.717, 1.165) is 5.56 Å². The van der Waals surface area contributed by atoms with Crippen molar-refractivity contribution in [1.82, 2.24) is 5.32 Å². The van der Waals surface area contributed by atoms with Gasteiger partial charge in [0, 0.05) is 18.9 Å². The standard InChI is InChI=1S/C12H13NO4/c1-7-2-3-8(6-9(7)14)17-10-4-5-11(15)13-12(10)16/h2-3,6,10,14H,4-5H2,1H3,(H,13,15,16). The van der Waals surface area contributed by atoms with E-state index in [1.54, 1.807) is 19.1 Å². The Morgan fingerprint density at radius 1 is 1.41 bits per heavy atom. The largest absolute Gasteiger partial charge is 0.508 e. The van der Waals surface area contributed by atoms with Crippen LogP contribution in [0.1, 0.15) is 18.4 Å². The van der Waals surface area contributed by atoms with Gasteiger partial charge in [0.05, 0.1) is 0 Å². The van der Waals surface area contributed by atoms with Gasteiger partial charge >= 0.3 is 0 Å². The van der Waals surface area contributed by atoms with Crippen molar-refractivity contribution in [3.63, 3.8) is 0 Å². The fourth-order valence-corrected chi connectivity index (χ4v) is 1.61. The molecule has 5 nitrogen and oxygen atoms in total. The number of rotatable bonds is 2. The molecule has 0 aromatic heterocycles. The zero-order valence-corrected chi connectivity index (χ0v) is 9.40. The first-order valence-corrected chi connectivity index (χ1v) is 5.36. The fourth-order valence-electron chi connectivity index (χ4n) is 1.61. The van der Waals surface area contributed by atoms with Gasteiger partial charge in [-0.3, -0.25) is 14.9 Å². The summed E-state index contributed by atoms with van der Waals surface area (Å²) in [7, 11) is 0. The van der Waals surface area contributed by atoms with Crippen molar-refractivity contribution in [3.8, 4) is 11.5 Å². The van der Waals surface area contributed by atoms with E-state index in [1.165, 1.54) is 6.07 Å². The Morgan fingerprint density at radius 2 is 2.18 bits per heavy atom. The van der Waals surface area contributed by atoms with Crippen LogP contribution >= 0.6 is 0 Å². The van der Waals surface area contributed by atoms with Crippen LogP contribution in [0, 0.1) is 6.92 Å². The number of phenolic OH excluding ortho intramolecular Hbond substituents is 1. The summed E-state index contributed by atoms with van der Waals surface area (Å²) in [6, 6.07) is 4.84. The minimum Gasteiger partial charge on any atom is -0.508 e. The van der Waals surface area contributed by atoms with Crippen molar-refractivity contribution in [1.29, 1.82) is 0 Å². The third kappa shape index (κ3) is 2.55. The van der Waals surface area contributed by atoms with E-state index < -0.39 is 12.0 Å². The monoisotopic (exact) mass is 235 g/mol. The minimum atomic E-state index is -0.671. The molecule has 0 bridgehead atoms. The first kappa shape index (κ1) is 11.4. The molecule has 2 rings (SSSR count). The summed E-state index contributed by atoms with van der Waals surface area (Å²) >= 11 is 0. The van der Waals surface area contributed by atoms with E-state index in [0.29, 0.717) is 12.2 Å². The highest BCUT2D eigenvalue weighted by Gasteiger charge is 2.28. The summed E-state index contributed by atoms with van der Waals surface area (Å²) in [6.07, 6.45) is -0.0390. The van der Waals surface area contributed by atoms with Crippen LogP contribution in [-0.2, 0) is 9.59 Å². The van der Waals surface area contributed by atoms with Crippen molar-refractivity contribution >= 4 is 11.8 Å². The first-order valence-electron chi connectivity index (χ1n) is 5.36. The van der Waals surface area contributed by atoms with Crippen LogP contribution in [0.25, 0.3) is 0 Å². The Labute approximate surface area is 98.4 Å². The average molecular weight is 235 g/mol. The number of phenols is 1. The van der Waals surface area contributed by atoms with E-state index in [2.05, 4.69) is 5.32 Å². The molecule has 1 aromatic carbocycles. The third-order valence-electron chi connectivity index (χ3n) is 2.65. The number of piperidine rings is 1. The molecule has 0 radical (unpaired) electrons. The summed E-state index contributed by atoms with van der Waals surface area (Å²) in [4.78, 5) is 22.4. The van der Waals surface area contributed by atoms with E-state index in [-0.39, 0.29) is 18.1 Å². The molecule has 1 heterocycles. The number of hydrogen-bond donors (Lipinski definition) is 2. The molecule has 1 unspecified atom stereocenters. The number of amides is 2. The molecular weight excluding hydrogens is 222 g/mol. The first-order chi connectivity index (χ1) is 8.06. The van der Waals surface area contributed by atoms with Crippen molar-refractivity contribution in [2.45, 2.75) is 25.9 Å². The van der Waals surface area contributed by atoms with Gasteiger partial charge in [0.25, 0.3) is 5.91 Å². The van der Waals surface area contributed by atoms with Gasteiger partial charge in [-0.05, 0) is 18.6 Å². The van der Waals surface area contributed by atoms with E-state index in [1.807, 2.05) is 0 Å². The van der Waals surface area contributed by atoms with E-state index >= 15 is 0 Å². The molecule has 1 aromatic rings. The summed E-state index contributed by atoms with van der Waals surface area (Å²) < 4.78 is 5.43. The second-order valence-corrected chi connectivity index (χ2v) is 4.01. The predicted molar refractivity (Wildman–Crippen MR) is 59.6 cm³/mol. The van der Waals surface area contributed by atoms with Crippen molar-refractivity contribution in [3.05, 3.63) is 23.8 Å². The number of carbonyl (C=O) groups excluding carboxylic acids is 2. The maximum absolute atomic E-state index is 11.4. The number of benzene rings is 1. The zero-order valence-electron chi connectivity index (χ0n) is 9.40. The Hall–Kier alpha value is -2.04. The van der Waals surface area contributed by atoms with Gasteiger partial charge in [-0.1, -0.05) is 6.07 Å². The molecule has 1 fully saturated rings. The summed E-state index contributed by atoms with van der Waals surface area (Å²) in [5, 5.41) is 11.7. The van der Waals surface area contributed by atoms with Crippen LogP contribution in [0.3, 0.4) is 0 Å². The summed E-state index contributed by atoms with van der Waals surface area (Å²) in [5.74, 6) is -0.166. The van der Waals surface area contributed by atoms with Crippen LogP contribution in [0.5, 0.6) is 11.5 Å². The van der Waals surface area contributed by atoms with Crippen molar-refractivity contribution in [2.75, 3.05) is 0 Å². The maximum atomic E-state index is 11.4. The molecule has 90 valence electrons. The fraction of sp³-hybridized carbons (Fsp3) is 0.333. The maximum Gasteiger partial charge on any atom is 0.267 e. The normalized spacial score (nSPS) is 19.9. The highest BCUT2D eigenvalue weighted by molar-refractivity contribution is 5.99. The van der Waals surface area contributed by atoms with Gasteiger partial charge in [0.2, 0.25) is 5.91 Å². The van der Waals surface area contributed by atoms with Gasteiger partial charge in [0.15, 0.2) is 6.10 Å². The lowest BCUT2D eigenvalue weighted by Gasteiger charge is -2.22. The Balaban J connectivity index is 2.08. The molecule has 5 heteroatoms. The van der Waals surface area contributed by atoms with Crippen molar-refractivity contribution < 1.29 is 19.4 Å². The Kier molecular flexibility index (Phi) is 2.99. The molecule has 17 heavy (non-hydrogen) atoms. The molecule has 0 saturated carbocycles. The van der Waals surface area contributed by atoms with Gasteiger partial charge in [-0.25, -0.2) is 0 Å². The molecule has 1 atom stereocenters. The second-order valence-electron chi connectivity index (χ2n) is 4.01. The van der Waals surface area contributed by atoms with Crippen LogP contribution in [0.4, 0.5) is 0 Å². The van der Waals surface area contributed by atoms with E-state index in [9.17, 15) is 14.7 Å². The molecule has 2 amide bonds. The van der Waals surface area contributed by atoms with Crippen LogP contribution in [0.2, 0.25) is 0 Å². The lowest BCUT2D eigenvalue weighted by atomic mass is 10.1. The van der Waals surface area contributed by atoms with Crippen LogP contribution < -0.4 is 10.1 Å². The summed E-state index contributed by atoms with van der Waals surface area (Å²) in [6.45, 7) is 1.77. The number of nitrogens with one attached hydrogen (secondary N) is 1. The topological polar surface area (TPSA) is 75.6 Å². The number of aromatic hydroxyl groups is 1.